The van der Waals surface area contributed by atoms with E-state index in [1.54, 1.807) is 0 Å². The standard InChI is InChI=1S/C23H29NO5/c1-14-9-10-18-15(2)20(25-19(13-24)16-7-5-4-6-8-16)26-21-23(18)17(14)11-12-22(3,27-21)28-29-23/h4-8,14-15,17-21H,9-12H2,1-3H3/t14-,15-,17+,18?,19?,20?,21-,22-,23?/m1/s1. The van der Waals surface area contributed by atoms with Crippen molar-refractivity contribution in [1.29, 1.82) is 5.26 Å². The van der Waals surface area contributed by atoms with Gasteiger partial charge < -0.3 is 14.2 Å². The molecule has 6 rings (SSSR count). The van der Waals surface area contributed by atoms with Crippen LogP contribution in [0.2, 0.25) is 0 Å². The molecular formula is C23H29NO5. The Hall–Kier alpha value is -1.49. The number of nitriles is 1. The van der Waals surface area contributed by atoms with Crippen LogP contribution in [0.15, 0.2) is 30.3 Å². The Balaban J connectivity index is 1.46. The molecule has 0 amide bonds. The molecule has 6 nitrogen and oxygen atoms in total. The minimum Gasteiger partial charge on any atom is -0.329 e. The number of hydrogen-bond acceptors (Lipinski definition) is 6. The minimum atomic E-state index is -0.809. The minimum absolute atomic E-state index is 0.0514. The van der Waals surface area contributed by atoms with Gasteiger partial charge in [0.2, 0.25) is 5.79 Å². The smallest absolute Gasteiger partial charge is 0.201 e. The summed E-state index contributed by atoms with van der Waals surface area (Å²) in [4.78, 5) is 12.0. The van der Waals surface area contributed by atoms with Crippen LogP contribution < -0.4 is 0 Å². The Kier molecular flexibility index (Phi) is 4.73. The van der Waals surface area contributed by atoms with Crippen molar-refractivity contribution in [2.45, 2.75) is 76.5 Å². The second kappa shape index (κ2) is 7.04. The van der Waals surface area contributed by atoms with Crippen molar-refractivity contribution < 1.29 is 24.0 Å². The zero-order chi connectivity index (χ0) is 20.2. The Bertz CT molecular complexity index is 796. The lowest BCUT2D eigenvalue weighted by atomic mass is 9.58. The molecule has 0 radical (unpaired) electrons. The van der Waals surface area contributed by atoms with E-state index in [0.29, 0.717) is 11.8 Å². The van der Waals surface area contributed by atoms with Crippen LogP contribution >= 0.6 is 0 Å². The van der Waals surface area contributed by atoms with Gasteiger partial charge in [-0.05, 0) is 43.6 Å². The summed E-state index contributed by atoms with van der Waals surface area (Å²) in [6.07, 6.45) is 2.13. The molecule has 1 saturated carbocycles. The zero-order valence-corrected chi connectivity index (χ0v) is 17.2. The van der Waals surface area contributed by atoms with Crippen LogP contribution in [0.5, 0.6) is 0 Å². The second-order valence-electron chi connectivity index (χ2n) is 9.33. The van der Waals surface area contributed by atoms with E-state index in [1.165, 1.54) is 0 Å². The maximum absolute atomic E-state index is 9.72. The Morgan fingerprint density at radius 2 is 1.90 bits per heavy atom. The summed E-state index contributed by atoms with van der Waals surface area (Å²) >= 11 is 0. The van der Waals surface area contributed by atoms with Crippen molar-refractivity contribution in [2.24, 2.45) is 23.7 Å². The van der Waals surface area contributed by atoms with Crippen molar-refractivity contribution in [2.75, 3.05) is 0 Å². The third-order valence-electron chi connectivity index (χ3n) is 7.59. The van der Waals surface area contributed by atoms with E-state index in [9.17, 15) is 5.26 Å². The molecular weight excluding hydrogens is 370 g/mol. The SMILES string of the molecule is C[C@H]1C(OC(C#N)c2ccccc2)O[C@@H]2O[C@@]3(C)CC[C@H]4[C@H](C)CCC1C24OO3. The first-order valence-electron chi connectivity index (χ1n) is 10.8. The molecule has 2 bridgehead atoms. The number of ether oxygens (including phenoxy) is 3. The van der Waals surface area contributed by atoms with E-state index in [1.807, 2.05) is 37.3 Å². The third kappa shape index (κ3) is 2.95. The van der Waals surface area contributed by atoms with Gasteiger partial charge in [0.25, 0.3) is 0 Å². The number of fused-ring (bicyclic) bond motifs is 2. The van der Waals surface area contributed by atoms with Gasteiger partial charge in [0, 0.05) is 18.3 Å². The summed E-state index contributed by atoms with van der Waals surface area (Å²) in [5.41, 5.74) is 0.220. The molecule has 6 heteroatoms. The first-order valence-corrected chi connectivity index (χ1v) is 10.8. The lowest BCUT2D eigenvalue weighted by Gasteiger charge is -2.60. The van der Waals surface area contributed by atoms with E-state index in [-0.39, 0.29) is 11.8 Å². The van der Waals surface area contributed by atoms with Gasteiger partial charge in [-0.3, -0.25) is 0 Å². The Morgan fingerprint density at radius 3 is 2.66 bits per heavy atom. The average Bonchev–Trinajstić information content (AvgIpc) is 2.96. The number of benzene rings is 1. The fourth-order valence-electron chi connectivity index (χ4n) is 5.97. The van der Waals surface area contributed by atoms with Crippen molar-refractivity contribution >= 4 is 0 Å². The summed E-state index contributed by atoms with van der Waals surface area (Å²) in [5, 5.41) is 9.72. The third-order valence-corrected chi connectivity index (χ3v) is 7.59. The van der Waals surface area contributed by atoms with Gasteiger partial charge in [0.1, 0.15) is 0 Å². The second-order valence-corrected chi connectivity index (χ2v) is 9.33. The van der Waals surface area contributed by atoms with Crippen molar-refractivity contribution in [3.05, 3.63) is 35.9 Å². The van der Waals surface area contributed by atoms with Crippen LogP contribution in [0.4, 0.5) is 0 Å². The Morgan fingerprint density at radius 1 is 1.10 bits per heavy atom. The molecule has 9 atom stereocenters. The molecule has 29 heavy (non-hydrogen) atoms. The van der Waals surface area contributed by atoms with E-state index in [2.05, 4.69) is 19.9 Å². The van der Waals surface area contributed by atoms with E-state index >= 15 is 0 Å². The highest BCUT2D eigenvalue weighted by molar-refractivity contribution is 5.22. The molecule has 1 aliphatic carbocycles. The lowest BCUT2D eigenvalue weighted by molar-refractivity contribution is -0.578. The highest BCUT2D eigenvalue weighted by Crippen LogP contribution is 2.60. The predicted octanol–water partition coefficient (Wildman–Crippen LogP) is 4.48. The van der Waals surface area contributed by atoms with Crippen LogP contribution in [0, 0.1) is 35.0 Å². The first-order chi connectivity index (χ1) is 14.0. The van der Waals surface area contributed by atoms with Gasteiger partial charge >= 0.3 is 0 Å². The summed E-state index contributed by atoms with van der Waals surface area (Å²) < 4.78 is 19.0. The summed E-state index contributed by atoms with van der Waals surface area (Å²) in [6, 6.07) is 11.8. The highest BCUT2D eigenvalue weighted by atomic mass is 17.3. The van der Waals surface area contributed by atoms with Gasteiger partial charge in [-0.25, -0.2) is 9.78 Å². The number of rotatable bonds is 3. The molecule has 5 aliphatic rings. The summed E-state index contributed by atoms with van der Waals surface area (Å²) in [7, 11) is 0. The average molecular weight is 399 g/mol. The summed E-state index contributed by atoms with van der Waals surface area (Å²) in [5.74, 6) is 0.267. The van der Waals surface area contributed by atoms with Gasteiger partial charge in [-0.1, -0.05) is 44.2 Å². The summed E-state index contributed by atoms with van der Waals surface area (Å²) in [6.45, 7) is 6.34. The predicted molar refractivity (Wildman–Crippen MR) is 103 cm³/mol. The largest absolute Gasteiger partial charge is 0.329 e. The van der Waals surface area contributed by atoms with Crippen molar-refractivity contribution in [3.63, 3.8) is 0 Å². The zero-order valence-electron chi connectivity index (χ0n) is 17.2. The molecule has 4 unspecified atom stereocenters. The van der Waals surface area contributed by atoms with Crippen LogP contribution in [0.1, 0.15) is 58.1 Å². The molecule has 5 fully saturated rings. The monoisotopic (exact) mass is 399 g/mol. The van der Waals surface area contributed by atoms with Gasteiger partial charge in [-0.15, -0.1) is 0 Å². The fourth-order valence-corrected chi connectivity index (χ4v) is 5.97. The molecule has 4 heterocycles. The van der Waals surface area contributed by atoms with Crippen LogP contribution in [-0.4, -0.2) is 24.0 Å². The number of nitrogens with zero attached hydrogens (tertiary/aromatic N) is 1. The lowest BCUT2D eigenvalue weighted by Crippen LogP contribution is -2.70. The molecule has 1 aromatic carbocycles. The maximum atomic E-state index is 9.72. The Labute approximate surface area is 172 Å². The fraction of sp³-hybridized carbons (Fsp3) is 0.696. The molecule has 156 valence electrons. The van der Waals surface area contributed by atoms with Crippen molar-refractivity contribution in [1.82, 2.24) is 0 Å². The first kappa shape index (κ1) is 19.5. The highest BCUT2D eigenvalue weighted by Gasteiger charge is 2.69. The molecule has 1 spiro atoms. The van der Waals surface area contributed by atoms with Gasteiger partial charge in [-0.2, -0.15) is 5.26 Å². The molecule has 0 aromatic heterocycles. The molecule has 1 aromatic rings. The molecule has 0 N–H and O–H groups in total. The van der Waals surface area contributed by atoms with Crippen LogP contribution in [0.3, 0.4) is 0 Å². The van der Waals surface area contributed by atoms with Crippen LogP contribution in [-0.2, 0) is 24.0 Å². The maximum Gasteiger partial charge on any atom is 0.201 e. The van der Waals surface area contributed by atoms with Crippen molar-refractivity contribution in [3.8, 4) is 6.07 Å². The normalized spacial score (nSPS) is 47.0. The quantitative estimate of drug-likeness (QED) is 0.698. The topological polar surface area (TPSA) is 69.9 Å². The number of hydrogen-bond donors (Lipinski definition) is 0. The van der Waals surface area contributed by atoms with Crippen LogP contribution in [0.25, 0.3) is 0 Å². The molecule has 4 saturated heterocycles. The van der Waals surface area contributed by atoms with E-state index < -0.39 is 30.1 Å². The van der Waals surface area contributed by atoms with Gasteiger partial charge in [0.05, 0.1) is 6.07 Å². The molecule has 4 aliphatic heterocycles. The van der Waals surface area contributed by atoms with E-state index in [4.69, 9.17) is 24.0 Å². The van der Waals surface area contributed by atoms with E-state index in [0.717, 1.165) is 31.2 Å². The van der Waals surface area contributed by atoms with Gasteiger partial charge in [0.15, 0.2) is 24.3 Å².